The van der Waals surface area contributed by atoms with Crippen molar-refractivity contribution in [1.29, 1.82) is 0 Å². The second-order valence-electron chi connectivity index (χ2n) is 7.05. The van der Waals surface area contributed by atoms with E-state index < -0.39 is 0 Å². The van der Waals surface area contributed by atoms with Crippen LogP contribution in [0.5, 0.6) is 0 Å². The highest BCUT2D eigenvalue weighted by atomic mass is 32.1. The van der Waals surface area contributed by atoms with Gasteiger partial charge in [-0.2, -0.15) is 0 Å². The van der Waals surface area contributed by atoms with Gasteiger partial charge in [-0.05, 0) is 56.7 Å². The minimum Gasteiger partial charge on any atom is -0.381 e. The van der Waals surface area contributed by atoms with Crippen LogP contribution in [0.2, 0.25) is 0 Å². The minimum absolute atomic E-state index is 0.206. The molecule has 1 aliphatic carbocycles. The maximum absolute atomic E-state index is 13.5. The maximum Gasteiger partial charge on any atom is 0.257 e. The summed E-state index contributed by atoms with van der Waals surface area (Å²) in [6.45, 7) is 5.27. The summed E-state index contributed by atoms with van der Waals surface area (Å²) in [6, 6.07) is 4.06. The Labute approximate surface area is 153 Å². The molecule has 5 heteroatoms. The Hall–Kier alpha value is -1.59. The Morgan fingerprint density at radius 3 is 2.84 bits per heavy atom. The third-order valence-electron chi connectivity index (χ3n) is 5.38. The lowest BCUT2D eigenvalue weighted by atomic mass is 9.94. The molecule has 0 bridgehead atoms. The van der Waals surface area contributed by atoms with Crippen LogP contribution < -0.4 is 0 Å². The Balaban J connectivity index is 1.69. The summed E-state index contributed by atoms with van der Waals surface area (Å²) in [4.78, 5) is 16.9. The van der Waals surface area contributed by atoms with E-state index in [4.69, 9.17) is 4.74 Å². The molecule has 1 unspecified atom stereocenters. The fraction of sp³-hybridized carbons (Fsp3) is 0.550. The van der Waals surface area contributed by atoms with Crippen LogP contribution in [-0.2, 0) is 17.6 Å². The number of aryl methyl sites for hydroxylation is 1. The van der Waals surface area contributed by atoms with Crippen molar-refractivity contribution in [2.24, 2.45) is 5.92 Å². The standard InChI is InChI=1S/C20H26N2O2S/c1-2-21(13-15-9-12-24-14-15)19(23)18-16-7-3-4-8-17(16)25-20(18)22-10-5-6-11-22/h5-6,10-11,15H,2-4,7-9,12-14H2,1H3. The van der Waals surface area contributed by atoms with Crippen molar-refractivity contribution in [2.75, 3.05) is 26.3 Å². The summed E-state index contributed by atoms with van der Waals surface area (Å²) in [5.41, 5.74) is 2.27. The van der Waals surface area contributed by atoms with Gasteiger partial charge in [0, 0.05) is 42.9 Å². The topological polar surface area (TPSA) is 34.5 Å². The van der Waals surface area contributed by atoms with Crippen molar-refractivity contribution in [3.05, 3.63) is 40.5 Å². The zero-order chi connectivity index (χ0) is 17.2. The molecule has 4 rings (SSSR count). The third kappa shape index (κ3) is 3.27. The first-order valence-electron chi connectivity index (χ1n) is 9.42. The van der Waals surface area contributed by atoms with E-state index >= 15 is 0 Å². The summed E-state index contributed by atoms with van der Waals surface area (Å²) < 4.78 is 7.62. The molecule has 25 heavy (non-hydrogen) atoms. The zero-order valence-corrected chi connectivity index (χ0v) is 15.7. The predicted molar refractivity (Wildman–Crippen MR) is 101 cm³/mol. The van der Waals surface area contributed by atoms with Gasteiger partial charge in [0.15, 0.2) is 0 Å². The lowest BCUT2D eigenvalue weighted by Crippen LogP contribution is -2.36. The number of ether oxygens (including phenoxy) is 1. The highest BCUT2D eigenvalue weighted by Crippen LogP contribution is 2.37. The Morgan fingerprint density at radius 1 is 1.32 bits per heavy atom. The van der Waals surface area contributed by atoms with Gasteiger partial charge in [-0.1, -0.05) is 0 Å². The number of amides is 1. The molecule has 1 saturated heterocycles. The van der Waals surface area contributed by atoms with Crippen molar-refractivity contribution in [1.82, 2.24) is 9.47 Å². The van der Waals surface area contributed by atoms with Crippen LogP contribution in [0.3, 0.4) is 0 Å². The van der Waals surface area contributed by atoms with E-state index in [1.165, 1.54) is 23.3 Å². The normalized spacial score (nSPS) is 19.8. The van der Waals surface area contributed by atoms with Gasteiger partial charge in [-0.15, -0.1) is 11.3 Å². The number of carbonyl (C=O) groups excluding carboxylic acids is 1. The third-order valence-corrected chi connectivity index (χ3v) is 6.68. The van der Waals surface area contributed by atoms with Crippen LogP contribution in [0, 0.1) is 5.92 Å². The second-order valence-corrected chi connectivity index (χ2v) is 8.14. The zero-order valence-electron chi connectivity index (χ0n) is 14.9. The summed E-state index contributed by atoms with van der Waals surface area (Å²) in [7, 11) is 0. The number of fused-ring (bicyclic) bond motifs is 1. The number of rotatable bonds is 5. The van der Waals surface area contributed by atoms with Crippen molar-refractivity contribution in [2.45, 2.75) is 39.0 Å². The molecule has 1 fully saturated rings. The summed E-state index contributed by atoms with van der Waals surface area (Å²) in [6.07, 6.45) is 9.75. The molecule has 4 nitrogen and oxygen atoms in total. The molecule has 2 aliphatic rings. The highest BCUT2D eigenvalue weighted by Gasteiger charge is 2.30. The Kier molecular flexibility index (Phi) is 4.95. The quantitative estimate of drug-likeness (QED) is 0.812. The van der Waals surface area contributed by atoms with E-state index in [0.717, 1.165) is 56.1 Å². The SMILES string of the molecule is CCN(CC1CCOC1)C(=O)c1c(-n2cccc2)sc2c1CCCC2. The fourth-order valence-electron chi connectivity index (χ4n) is 3.98. The number of hydrogen-bond acceptors (Lipinski definition) is 3. The van der Waals surface area contributed by atoms with E-state index in [9.17, 15) is 4.79 Å². The van der Waals surface area contributed by atoms with Gasteiger partial charge < -0.3 is 14.2 Å². The van der Waals surface area contributed by atoms with Crippen LogP contribution in [0.1, 0.15) is 47.0 Å². The van der Waals surface area contributed by atoms with Gasteiger partial charge in [0.05, 0.1) is 12.2 Å². The predicted octanol–water partition coefficient (Wildman–Crippen LogP) is 3.92. The number of hydrogen-bond donors (Lipinski definition) is 0. The molecule has 2 aromatic heterocycles. The summed E-state index contributed by atoms with van der Waals surface area (Å²) in [5.74, 6) is 0.686. The largest absolute Gasteiger partial charge is 0.381 e. The van der Waals surface area contributed by atoms with Crippen molar-refractivity contribution >= 4 is 17.2 Å². The molecule has 0 saturated carbocycles. The molecule has 1 aliphatic heterocycles. The van der Waals surface area contributed by atoms with Gasteiger partial charge >= 0.3 is 0 Å². The van der Waals surface area contributed by atoms with Gasteiger partial charge in [0.2, 0.25) is 0 Å². The fourth-order valence-corrected chi connectivity index (χ4v) is 5.32. The van der Waals surface area contributed by atoms with Crippen molar-refractivity contribution in [3.63, 3.8) is 0 Å². The monoisotopic (exact) mass is 358 g/mol. The van der Waals surface area contributed by atoms with Gasteiger partial charge in [0.1, 0.15) is 5.00 Å². The van der Waals surface area contributed by atoms with Crippen LogP contribution in [0.4, 0.5) is 0 Å². The first kappa shape index (κ1) is 16.9. The molecule has 3 heterocycles. The maximum atomic E-state index is 13.5. The highest BCUT2D eigenvalue weighted by molar-refractivity contribution is 7.15. The average Bonchev–Trinajstić information content (AvgIpc) is 3.39. The first-order valence-corrected chi connectivity index (χ1v) is 10.2. The van der Waals surface area contributed by atoms with E-state index in [2.05, 4.69) is 23.9 Å². The number of nitrogens with zero attached hydrogens (tertiary/aromatic N) is 2. The Morgan fingerprint density at radius 2 is 2.12 bits per heavy atom. The molecule has 0 radical (unpaired) electrons. The van der Waals surface area contributed by atoms with Crippen LogP contribution >= 0.6 is 11.3 Å². The number of thiophene rings is 1. The molecule has 1 amide bonds. The lowest BCUT2D eigenvalue weighted by Gasteiger charge is -2.25. The molecule has 0 spiro atoms. The molecule has 0 N–H and O–H groups in total. The van der Waals surface area contributed by atoms with Crippen LogP contribution in [-0.4, -0.2) is 41.7 Å². The summed E-state index contributed by atoms with van der Waals surface area (Å²) in [5, 5.41) is 1.10. The first-order chi connectivity index (χ1) is 12.3. The molecular formula is C20H26N2O2S. The number of carbonyl (C=O) groups is 1. The lowest BCUT2D eigenvalue weighted by molar-refractivity contribution is 0.0730. The minimum atomic E-state index is 0.206. The molecule has 1 atom stereocenters. The van der Waals surface area contributed by atoms with Crippen molar-refractivity contribution in [3.8, 4) is 5.00 Å². The second kappa shape index (κ2) is 7.34. The van der Waals surface area contributed by atoms with Crippen LogP contribution in [0.25, 0.3) is 5.00 Å². The van der Waals surface area contributed by atoms with E-state index in [0.29, 0.717) is 5.92 Å². The van der Waals surface area contributed by atoms with Gasteiger partial charge in [0.25, 0.3) is 5.91 Å². The van der Waals surface area contributed by atoms with Gasteiger partial charge in [-0.25, -0.2) is 0 Å². The molecular weight excluding hydrogens is 332 g/mol. The Bertz CT molecular complexity index is 729. The van der Waals surface area contributed by atoms with E-state index in [1.54, 1.807) is 0 Å². The molecule has 2 aromatic rings. The molecule has 0 aromatic carbocycles. The van der Waals surface area contributed by atoms with E-state index in [1.807, 2.05) is 28.4 Å². The van der Waals surface area contributed by atoms with Gasteiger partial charge in [-0.3, -0.25) is 4.79 Å². The van der Waals surface area contributed by atoms with Crippen LogP contribution in [0.15, 0.2) is 24.5 Å². The van der Waals surface area contributed by atoms with E-state index in [-0.39, 0.29) is 5.91 Å². The number of aromatic nitrogens is 1. The molecule has 134 valence electrons. The smallest absolute Gasteiger partial charge is 0.257 e. The average molecular weight is 359 g/mol. The van der Waals surface area contributed by atoms with Crippen molar-refractivity contribution < 1.29 is 9.53 Å². The summed E-state index contributed by atoms with van der Waals surface area (Å²) >= 11 is 1.81.